The van der Waals surface area contributed by atoms with Crippen molar-refractivity contribution in [2.24, 2.45) is 0 Å². The van der Waals surface area contributed by atoms with E-state index < -0.39 is 8.60 Å². The first kappa shape index (κ1) is 20.9. The molecule has 0 heterocycles. The largest absolute Gasteiger partial charge is 0.426 e. The fraction of sp³-hybridized carbons (Fsp3) is 0.455. The van der Waals surface area contributed by atoms with E-state index >= 15 is 0 Å². The van der Waals surface area contributed by atoms with Gasteiger partial charge in [-0.15, -0.1) is 0 Å². The minimum atomic E-state index is -1.90. The summed E-state index contributed by atoms with van der Waals surface area (Å²) in [6.07, 6.45) is 9.99. The maximum Gasteiger partial charge on any atom is 0.394 e. The molecule has 0 amide bonds. The maximum atomic E-state index is 10.1. The Bertz CT molecular complexity index is 603. The van der Waals surface area contributed by atoms with Gasteiger partial charge in [0.05, 0.1) is 6.61 Å². The highest BCUT2D eigenvalue weighted by Crippen LogP contribution is 2.40. The summed E-state index contributed by atoms with van der Waals surface area (Å²) in [7, 11) is -1.90. The van der Waals surface area contributed by atoms with Crippen LogP contribution in [0.2, 0.25) is 0 Å². The Morgan fingerprint density at radius 1 is 0.769 bits per heavy atom. The number of hydrogen-bond donors (Lipinski definition) is 1. The van der Waals surface area contributed by atoms with Crippen LogP contribution in [0, 0.1) is 0 Å². The molecule has 0 fully saturated rings. The molecule has 0 spiro atoms. The molecule has 0 bridgehead atoms. The molecule has 4 heteroatoms. The number of rotatable bonds is 13. The Morgan fingerprint density at radius 2 is 1.38 bits per heavy atom. The van der Waals surface area contributed by atoms with Crippen molar-refractivity contribution in [2.45, 2.75) is 58.3 Å². The second kappa shape index (κ2) is 12.9. The number of benzene rings is 2. The van der Waals surface area contributed by atoms with Crippen LogP contribution in [0.1, 0.15) is 58.3 Å². The van der Waals surface area contributed by atoms with Crippen LogP contribution in [0.5, 0.6) is 5.75 Å². The molecular formula is C22H31O3P. The molecule has 2 aromatic rings. The van der Waals surface area contributed by atoms with Crippen molar-refractivity contribution in [3.8, 4) is 16.9 Å². The number of hydrogen-bond acceptors (Lipinski definition) is 3. The standard InChI is InChI=1S/C22H31O3P/c1-2-3-4-5-6-7-8-14-19-24-26(23)25-22-18-13-12-17-21(22)20-15-10-9-11-16-20/h9-13,15-18,23H,2-8,14,19H2,1H3. The highest BCUT2D eigenvalue weighted by atomic mass is 31.2. The minimum absolute atomic E-state index is 0.546. The molecule has 26 heavy (non-hydrogen) atoms. The third kappa shape index (κ3) is 7.86. The maximum absolute atomic E-state index is 10.1. The topological polar surface area (TPSA) is 38.7 Å². The highest BCUT2D eigenvalue weighted by Gasteiger charge is 2.13. The molecule has 0 aromatic heterocycles. The zero-order chi connectivity index (χ0) is 18.5. The average Bonchev–Trinajstić information content (AvgIpc) is 2.68. The van der Waals surface area contributed by atoms with E-state index in [1.807, 2.05) is 54.6 Å². The molecule has 0 aliphatic carbocycles. The summed E-state index contributed by atoms with van der Waals surface area (Å²) >= 11 is 0. The van der Waals surface area contributed by atoms with E-state index in [0.717, 1.165) is 24.0 Å². The average molecular weight is 374 g/mol. The van der Waals surface area contributed by atoms with Gasteiger partial charge in [0.15, 0.2) is 0 Å². The molecule has 1 unspecified atom stereocenters. The Morgan fingerprint density at radius 3 is 2.12 bits per heavy atom. The molecule has 0 saturated carbocycles. The quantitative estimate of drug-likeness (QED) is 0.300. The molecule has 3 nitrogen and oxygen atoms in total. The lowest BCUT2D eigenvalue weighted by atomic mass is 10.1. The summed E-state index contributed by atoms with van der Waals surface area (Å²) in [6.45, 7) is 2.79. The highest BCUT2D eigenvalue weighted by molar-refractivity contribution is 7.41. The van der Waals surface area contributed by atoms with Crippen molar-refractivity contribution in [3.63, 3.8) is 0 Å². The Balaban J connectivity index is 1.68. The zero-order valence-electron chi connectivity index (χ0n) is 15.8. The van der Waals surface area contributed by atoms with E-state index in [1.165, 1.54) is 38.5 Å². The lowest BCUT2D eigenvalue weighted by Gasteiger charge is -2.14. The summed E-state index contributed by atoms with van der Waals surface area (Å²) in [4.78, 5) is 10.1. The lowest BCUT2D eigenvalue weighted by molar-refractivity contribution is 0.253. The van der Waals surface area contributed by atoms with Crippen LogP contribution in [0.25, 0.3) is 11.1 Å². The van der Waals surface area contributed by atoms with E-state index in [-0.39, 0.29) is 0 Å². The first-order valence-electron chi connectivity index (χ1n) is 9.75. The van der Waals surface area contributed by atoms with Gasteiger partial charge in [-0.25, -0.2) is 0 Å². The minimum Gasteiger partial charge on any atom is -0.426 e. The third-order valence-corrected chi connectivity index (χ3v) is 5.10. The molecule has 0 aliphatic heterocycles. The van der Waals surface area contributed by atoms with Crippen molar-refractivity contribution in [3.05, 3.63) is 54.6 Å². The van der Waals surface area contributed by atoms with Crippen molar-refractivity contribution in [2.75, 3.05) is 6.61 Å². The van der Waals surface area contributed by atoms with E-state index in [0.29, 0.717) is 12.4 Å². The first-order valence-corrected chi connectivity index (χ1v) is 10.9. The Kier molecular flexibility index (Phi) is 10.3. The zero-order valence-corrected chi connectivity index (χ0v) is 16.7. The van der Waals surface area contributed by atoms with Crippen LogP contribution >= 0.6 is 8.60 Å². The third-order valence-electron chi connectivity index (χ3n) is 4.35. The van der Waals surface area contributed by atoms with Crippen LogP contribution in [0.4, 0.5) is 0 Å². The summed E-state index contributed by atoms with van der Waals surface area (Å²) in [6, 6.07) is 17.8. The molecular weight excluding hydrogens is 343 g/mol. The second-order valence-corrected chi connectivity index (χ2v) is 7.42. The van der Waals surface area contributed by atoms with Crippen molar-refractivity contribution >= 4 is 8.60 Å². The summed E-state index contributed by atoms with van der Waals surface area (Å²) < 4.78 is 11.2. The van der Waals surface area contributed by atoms with Gasteiger partial charge in [-0.05, 0) is 18.1 Å². The molecule has 2 aromatic carbocycles. The fourth-order valence-electron chi connectivity index (χ4n) is 2.89. The van der Waals surface area contributed by atoms with Crippen molar-refractivity contribution in [1.29, 1.82) is 0 Å². The van der Waals surface area contributed by atoms with Crippen LogP contribution in [0.15, 0.2) is 54.6 Å². The van der Waals surface area contributed by atoms with Gasteiger partial charge in [-0.2, -0.15) is 0 Å². The molecule has 0 saturated heterocycles. The van der Waals surface area contributed by atoms with Crippen LogP contribution < -0.4 is 4.52 Å². The molecule has 1 atom stereocenters. The van der Waals surface area contributed by atoms with Gasteiger partial charge in [0.25, 0.3) is 0 Å². The van der Waals surface area contributed by atoms with Gasteiger partial charge in [-0.3, -0.25) is 0 Å². The molecule has 142 valence electrons. The van der Waals surface area contributed by atoms with Crippen molar-refractivity contribution in [1.82, 2.24) is 0 Å². The predicted octanol–water partition coefficient (Wildman–Crippen LogP) is 7.11. The number of para-hydroxylation sites is 1. The van der Waals surface area contributed by atoms with Gasteiger partial charge in [0.1, 0.15) is 5.75 Å². The molecule has 0 aliphatic rings. The van der Waals surface area contributed by atoms with Crippen LogP contribution in [-0.2, 0) is 4.52 Å². The van der Waals surface area contributed by atoms with Gasteiger partial charge < -0.3 is 13.9 Å². The van der Waals surface area contributed by atoms with E-state index in [1.54, 1.807) is 0 Å². The number of unbranched alkanes of at least 4 members (excludes halogenated alkanes) is 7. The van der Waals surface area contributed by atoms with Gasteiger partial charge in [0.2, 0.25) is 0 Å². The van der Waals surface area contributed by atoms with Crippen LogP contribution in [0.3, 0.4) is 0 Å². The summed E-state index contributed by atoms with van der Waals surface area (Å²) in [5, 5.41) is 0. The second-order valence-electron chi connectivity index (χ2n) is 6.50. The molecule has 0 radical (unpaired) electrons. The van der Waals surface area contributed by atoms with Gasteiger partial charge in [0, 0.05) is 5.56 Å². The fourth-order valence-corrected chi connectivity index (χ4v) is 3.56. The van der Waals surface area contributed by atoms with Gasteiger partial charge >= 0.3 is 8.60 Å². The summed E-state index contributed by atoms with van der Waals surface area (Å²) in [5.74, 6) is 0.656. The predicted molar refractivity (Wildman–Crippen MR) is 110 cm³/mol. The summed E-state index contributed by atoms with van der Waals surface area (Å²) in [5.41, 5.74) is 2.03. The SMILES string of the molecule is CCCCCCCCCCOP(O)Oc1ccccc1-c1ccccc1. The van der Waals surface area contributed by atoms with E-state index in [4.69, 9.17) is 9.05 Å². The molecule has 1 N–H and O–H groups in total. The Labute approximate surface area is 159 Å². The van der Waals surface area contributed by atoms with E-state index in [9.17, 15) is 4.89 Å². The monoisotopic (exact) mass is 374 g/mol. The van der Waals surface area contributed by atoms with Gasteiger partial charge in [-0.1, -0.05) is 100 Å². The smallest absolute Gasteiger partial charge is 0.394 e. The lowest BCUT2D eigenvalue weighted by Crippen LogP contribution is -1.96. The Hall–Kier alpha value is -1.41. The first-order chi connectivity index (χ1) is 12.8. The van der Waals surface area contributed by atoms with E-state index in [2.05, 4.69) is 6.92 Å². The molecule has 2 rings (SSSR count). The normalized spacial score (nSPS) is 12.1. The van der Waals surface area contributed by atoms with Crippen LogP contribution in [-0.4, -0.2) is 11.5 Å². The van der Waals surface area contributed by atoms with Crippen molar-refractivity contribution < 1.29 is 13.9 Å².